The molecule has 0 aromatic heterocycles. The van der Waals surface area contributed by atoms with Gasteiger partial charge in [-0.2, -0.15) is 8.42 Å². The minimum atomic E-state index is -4.90. The smallest absolute Gasteiger partial charge is 0.322 e. The molecule has 1 atom stereocenters. The molecule has 0 saturated carbocycles. The van der Waals surface area contributed by atoms with Crippen LogP contribution in [0.2, 0.25) is 0 Å². The van der Waals surface area contributed by atoms with Gasteiger partial charge in [0.25, 0.3) is 16.0 Å². The van der Waals surface area contributed by atoms with Gasteiger partial charge in [-0.15, -0.1) is 0 Å². The fraction of sp³-hybridized carbons (Fsp3) is 0.158. The number of hydrogen-bond donors (Lipinski definition) is 4. The third kappa shape index (κ3) is 6.22. The van der Waals surface area contributed by atoms with E-state index in [1.807, 2.05) is 5.32 Å². The number of carbonyl (C=O) groups is 4. The van der Waals surface area contributed by atoms with Crippen molar-refractivity contribution in [1.29, 1.82) is 0 Å². The number of nitrogens with one attached hydrogen (secondary N) is 2. The van der Waals surface area contributed by atoms with E-state index in [9.17, 15) is 32.1 Å². The van der Waals surface area contributed by atoms with Crippen molar-refractivity contribution in [2.75, 3.05) is 13.1 Å². The van der Waals surface area contributed by atoms with E-state index in [4.69, 9.17) is 5.11 Å². The van der Waals surface area contributed by atoms with Gasteiger partial charge in [0.05, 0.1) is 0 Å². The van der Waals surface area contributed by atoms with E-state index in [2.05, 4.69) is 5.32 Å². The molecule has 11 heteroatoms. The van der Waals surface area contributed by atoms with Crippen LogP contribution in [0, 0.1) is 0 Å². The normalized spacial score (nSPS) is 11.9. The maximum Gasteiger partial charge on any atom is 0.322 e. The van der Waals surface area contributed by atoms with Gasteiger partial charge in [-0.3, -0.25) is 23.7 Å². The van der Waals surface area contributed by atoms with E-state index in [-0.39, 0.29) is 11.3 Å². The van der Waals surface area contributed by atoms with Gasteiger partial charge in [0.1, 0.15) is 6.54 Å². The largest absolute Gasteiger partial charge is 0.480 e. The number of amides is 2. The molecule has 2 rings (SSSR count). The Hall–Kier alpha value is -3.57. The summed E-state index contributed by atoms with van der Waals surface area (Å²) in [6.07, 6.45) is 0. The van der Waals surface area contributed by atoms with Gasteiger partial charge >= 0.3 is 5.97 Å². The first-order valence-corrected chi connectivity index (χ1v) is 10.0. The molecule has 0 aliphatic carbocycles. The molecule has 4 N–H and O–H groups in total. The number of aliphatic carboxylic acids is 1. The van der Waals surface area contributed by atoms with E-state index in [1.165, 1.54) is 24.3 Å². The molecular weight excluding hydrogens is 416 g/mol. The molecule has 0 aliphatic rings. The Kier molecular flexibility index (Phi) is 7.39. The lowest BCUT2D eigenvalue weighted by Crippen LogP contribution is -2.48. The van der Waals surface area contributed by atoms with Crippen LogP contribution in [0.15, 0.2) is 54.6 Å². The Balaban J connectivity index is 2.04. The van der Waals surface area contributed by atoms with Crippen LogP contribution in [0.5, 0.6) is 0 Å². The Bertz CT molecular complexity index is 1050. The van der Waals surface area contributed by atoms with Crippen LogP contribution < -0.4 is 10.6 Å². The first-order valence-electron chi connectivity index (χ1n) is 8.53. The molecule has 2 aromatic carbocycles. The second-order valence-corrected chi connectivity index (χ2v) is 7.70. The number of rotatable bonds is 9. The van der Waals surface area contributed by atoms with Crippen LogP contribution in [0.3, 0.4) is 0 Å². The van der Waals surface area contributed by atoms with Crippen molar-refractivity contribution in [3.63, 3.8) is 0 Å². The van der Waals surface area contributed by atoms with Crippen molar-refractivity contribution in [1.82, 2.24) is 10.6 Å². The highest BCUT2D eigenvalue weighted by atomic mass is 32.2. The second-order valence-electron chi connectivity index (χ2n) is 6.10. The van der Waals surface area contributed by atoms with Crippen LogP contribution in [0.1, 0.15) is 26.3 Å². The van der Waals surface area contributed by atoms with Crippen LogP contribution in [-0.2, 0) is 19.7 Å². The quantitative estimate of drug-likeness (QED) is 0.318. The van der Waals surface area contributed by atoms with Crippen LogP contribution in [0.25, 0.3) is 0 Å². The van der Waals surface area contributed by atoms with Crippen molar-refractivity contribution in [2.24, 2.45) is 0 Å². The summed E-state index contributed by atoms with van der Waals surface area (Å²) in [5.74, 6) is -3.69. The molecule has 0 aliphatic heterocycles. The SMILES string of the molecule is O=C(O)CNC(=O)C(CNC(=O)c1ccc(C(=O)c2ccccc2)cc1)S(=O)(=O)O. The number of benzene rings is 2. The molecule has 0 fully saturated rings. The lowest BCUT2D eigenvalue weighted by atomic mass is 10.0. The maximum atomic E-state index is 12.4. The van der Waals surface area contributed by atoms with Crippen LogP contribution in [0.4, 0.5) is 0 Å². The highest BCUT2D eigenvalue weighted by Crippen LogP contribution is 2.11. The third-order valence-corrected chi connectivity index (χ3v) is 5.06. The minimum absolute atomic E-state index is 0.0830. The summed E-state index contributed by atoms with van der Waals surface area (Å²) in [5, 5.41) is 10.4. The summed E-state index contributed by atoms with van der Waals surface area (Å²) in [7, 11) is -4.90. The Morgan fingerprint density at radius 3 is 1.90 bits per heavy atom. The predicted octanol–water partition coefficient (Wildman–Crippen LogP) is 0.105. The fourth-order valence-corrected chi connectivity index (χ4v) is 3.07. The van der Waals surface area contributed by atoms with Crippen molar-refractivity contribution in [2.45, 2.75) is 5.25 Å². The fourth-order valence-electron chi connectivity index (χ4n) is 2.43. The van der Waals surface area contributed by atoms with Gasteiger partial charge in [-0.05, 0) is 12.1 Å². The molecule has 2 aromatic rings. The molecule has 0 radical (unpaired) electrons. The van der Waals surface area contributed by atoms with E-state index < -0.39 is 46.2 Å². The number of carboxylic acids is 1. The average molecular weight is 434 g/mol. The zero-order valence-corrected chi connectivity index (χ0v) is 16.3. The van der Waals surface area contributed by atoms with Gasteiger partial charge in [0, 0.05) is 23.2 Å². The van der Waals surface area contributed by atoms with Crippen molar-refractivity contribution >= 4 is 33.7 Å². The summed E-state index contributed by atoms with van der Waals surface area (Å²) >= 11 is 0. The van der Waals surface area contributed by atoms with Gasteiger partial charge in [-0.1, -0.05) is 42.5 Å². The third-order valence-electron chi connectivity index (χ3n) is 3.96. The molecule has 1 unspecified atom stereocenters. The summed E-state index contributed by atoms with van der Waals surface area (Å²) < 4.78 is 31.9. The lowest BCUT2D eigenvalue weighted by molar-refractivity contribution is -0.137. The summed E-state index contributed by atoms with van der Waals surface area (Å²) in [5.41, 5.74) is 0.888. The van der Waals surface area contributed by atoms with E-state index >= 15 is 0 Å². The van der Waals surface area contributed by atoms with Crippen LogP contribution in [-0.4, -0.2) is 60.0 Å². The Morgan fingerprint density at radius 1 is 0.833 bits per heavy atom. The van der Waals surface area contributed by atoms with Crippen molar-refractivity contribution in [3.05, 3.63) is 71.3 Å². The zero-order valence-electron chi connectivity index (χ0n) is 15.4. The van der Waals surface area contributed by atoms with Crippen molar-refractivity contribution < 1.29 is 37.3 Å². The molecule has 0 heterocycles. The van der Waals surface area contributed by atoms with E-state index in [1.54, 1.807) is 30.3 Å². The number of carboxylic acid groups (broad SMARTS) is 1. The molecular formula is C19H18N2O8S. The molecule has 2 amide bonds. The zero-order chi connectivity index (χ0) is 22.3. The standard InChI is InChI=1S/C19H18N2O8S/c22-16(23)11-21-19(26)15(30(27,28)29)10-20-18(25)14-8-6-13(7-9-14)17(24)12-4-2-1-3-5-12/h1-9,15H,10-11H2,(H,20,25)(H,21,26)(H,22,23)(H,27,28,29). The topological polar surface area (TPSA) is 167 Å². The lowest BCUT2D eigenvalue weighted by Gasteiger charge is -2.14. The predicted molar refractivity (Wildman–Crippen MR) is 105 cm³/mol. The molecule has 158 valence electrons. The second kappa shape index (κ2) is 9.76. The maximum absolute atomic E-state index is 12.4. The van der Waals surface area contributed by atoms with Gasteiger partial charge in [0.2, 0.25) is 5.91 Å². The molecule has 10 nitrogen and oxygen atoms in total. The summed E-state index contributed by atoms with van der Waals surface area (Å²) in [4.78, 5) is 46.8. The number of hydrogen-bond acceptors (Lipinski definition) is 6. The van der Waals surface area contributed by atoms with E-state index in [0.717, 1.165) is 0 Å². The van der Waals surface area contributed by atoms with Crippen LogP contribution >= 0.6 is 0 Å². The van der Waals surface area contributed by atoms with Gasteiger partial charge in [0.15, 0.2) is 11.0 Å². The van der Waals surface area contributed by atoms with Gasteiger partial charge < -0.3 is 15.7 Å². The average Bonchev–Trinajstić information content (AvgIpc) is 2.71. The summed E-state index contributed by atoms with van der Waals surface area (Å²) in [6, 6.07) is 14.0. The highest BCUT2D eigenvalue weighted by Gasteiger charge is 2.31. The Labute approximate surface area is 171 Å². The minimum Gasteiger partial charge on any atom is -0.480 e. The Morgan fingerprint density at radius 2 is 1.37 bits per heavy atom. The molecule has 0 saturated heterocycles. The molecule has 30 heavy (non-hydrogen) atoms. The number of carbonyl (C=O) groups excluding carboxylic acids is 3. The van der Waals surface area contributed by atoms with E-state index in [0.29, 0.717) is 11.1 Å². The molecule has 0 spiro atoms. The molecule has 0 bridgehead atoms. The monoisotopic (exact) mass is 434 g/mol. The number of ketones is 1. The van der Waals surface area contributed by atoms with Gasteiger partial charge in [-0.25, -0.2) is 0 Å². The van der Waals surface area contributed by atoms with Crippen molar-refractivity contribution in [3.8, 4) is 0 Å². The first kappa shape index (κ1) is 22.7. The highest BCUT2D eigenvalue weighted by molar-refractivity contribution is 7.87. The first-order chi connectivity index (χ1) is 14.1. The summed E-state index contributed by atoms with van der Waals surface area (Å²) in [6.45, 7) is -1.64.